The second-order valence-electron chi connectivity index (χ2n) is 5.19. The Balaban J connectivity index is 2.38. The quantitative estimate of drug-likeness (QED) is 0.652. The molecule has 1 atom stereocenters. The van der Waals surface area contributed by atoms with Gasteiger partial charge in [0.05, 0.1) is 12.6 Å². The van der Waals surface area contributed by atoms with Crippen molar-refractivity contribution in [2.45, 2.75) is 19.9 Å². The molecular formula is C12H24N4O2. The van der Waals surface area contributed by atoms with Crippen molar-refractivity contribution in [3.8, 4) is 0 Å². The third-order valence-electron chi connectivity index (χ3n) is 3.30. The molecule has 18 heavy (non-hydrogen) atoms. The molecule has 0 bridgehead atoms. The third-order valence-corrected chi connectivity index (χ3v) is 3.30. The van der Waals surface area contributed by atoms with Crippen molar-refractivity contribution in [2.75, 3.05) is 39.8 Å². The number of primary amides is 1. The van der Waals surface area contributed by atoms with Crippen molar-refractivity contribution in [1.29, 1.82) is 0 Å². The fourth-order valence-electron chi connectivity index (χ4n) is 2.03. The number of nitrogens with zero attached hydrogens (tertiary/aromatic N) is 2. The van der Waals surface area contributed by atoms with E-state index in [-0.39, 0.29) is 18.4 Å². The number of rotatable bonds is 5. The van der Waals surface area contributed by atoms with Crippen molar-refractivity contribution in [1.82, 2.24) is 15.1 Å². The summed E-state index contributed by atoms with van der Waals surface area (Å²) >= 11 is 0. The summed E-state index contributed by atoms with van der Waals surface area (Å²) in [5.41, 5.74) is 5.29. The molecular weight excluding hydrogens is 232 g/mol. The molecule has 3 N–H and O–H groups in total. The molecule has 0 spiro atoms. The van der Waals surface area contributed by atoms with Crippen LogP contribution in [-0.4, -0.2) is 67.4 Å². The maximum atomic E-state index is 11.9. The molecule has 1 aliphatic heterocycles. The smallest absolute Gasteiger partial charge is 0.236 e. The molecule has 104 valence electrons. The number of piperazine rings is 1. The van der Waals surface area contributed by atoms with E-state index >= 15 is 0 Å². The average molecular weight is 256 g/mol. The second-order valence-corrected chi connectivity index (χ2v) is 5.19. The van der Waals surface area contributed by atoms with Gasteiger partial charge in [-0.25, -0.2) is 0 Å². The van der Waals surface area contributed by atoms with E-state index in [1.807, 2.05) is 25.8 Å². The molecule has 0 aromatic rings. The van der Waals surface area contributed by atoms with Gasteiger partial charge in [0.15, 0.2) is 0 Å². The lowest BCUT2D eigenvalue weighted by Gasteiger charge is -2.33. The Labute approximate surface area is 108 Å². The van der Waals surface area contributed by atoms with Crippen molar-refractivity contribution >= 4 is 11.8 Å². The number of hydrogen-bond donors (Lipinski definition) is 2. The minimum absolute atomic E-state index is 0.0370. The predicted octanol–water partition coefficient (Wildman–Crippen LogP) is -1.14. The normalized spacial score (nSPS) is 19.0. The Morgan fingerprint density at radius 1 is 1.22 bits per heavy atom. The number of amides is 2. The lowest BCUT2D eigenvalue weighted by Crippen LogP contribution is -2.52. The van der Waals surface area contributed by atoms with Crippen LogP contribution in [-0.2, 0) is 9.59 Å². The Kier molecular flexibility index (Phi) is 5.55. The van der Waals surface area contributed by atoms with E-state index in [1.54, 1.807) is 0 Å². The highest BCUT2D eigenvalue weighted by Gasteiger charge is 2.23. The highest BCUT2D eigenvalue weighted by molar-refractivity contribution is 5.82. The molecule has 0 radical (unpaired) electrons. The zero-order valence-corrected chi connectivity index (χ0v) is 11.5. The van der Waals surface area contributed by atoms with E-state index in [4.69, 9.17) is 5.73 Å². The Morgan fingerprint density at radius 2 is 1.78 bits per heavy atom. The lowest BCUT2D eigenvalue weighted by molar-refractivity contribution is -0.132. The first-order chi connectivity index (χ1) is 8.41. The van der Waals surface area contributed by atoms with Gasteiger partial charge in [-0.05, 0) is 13.0 Å². The van der Waals surface area contributed by atoms with Crippen LogP contribution < -0.4 is 11.1 Å². The van der Waals surface area contributed by atoms with E-state index < -0.39 is 11.9 Å². The molecule has 1 saturated heterocycles. The van der Waals surface area contributed by atoms with E-state index in [0.717, 1.165) is 26.2 Å². The van der Waals surface area contributed by atoms with Crippen LogP contribution in [0.5, 0.6) is 0 Å². The van der Waals surface area contributed by atoms with Crippen LogP contribution in [0.25, 0.3) is 0 Å². The Hall–Kier alpha value is -1.14. The summed E-state index contributed by atoms with van der Waals surface area (Å²) in [6, 6.07) is -0.443. The fourth-order valence-corrected chi connectivity index (χ4v) is 2.03. The monoisotopic (exact) mass is 256 g/mol. The van der Waals surface area contributed by atoms with E-state index in [2.05, 4.69) is 10.2 Å². The van der Waals surface area contributed by atoms with Gasteiger partial charge in [0, 0.05) is 26.2 Å². The van der Waals surface area contributed by atoms with E-state index in [1.165, 1.54) is 0 Å². The van der Waals surface area contributed by atoms with E-state index in [0.29, 0.717) is 0 Å². The molecule has 1 heterocycles. The fraction of sp³-hybridized carbons (Fsp3) is 0.833. The first-order valence-corrected chi connectivity index (χ1v) is 6.41. The SMILES string of the molecule is CC(C)C(NCC(=O)N1CCN(C)CC1)C(N)=O. The van der Waals surface area contributed by atoms with Crippen molar-refractivity contribution < 1.29 is 9.59 Å². The van der Waals surface area contributed by atoms with Crippen LogP contribution in [0.15, 0.2) is 0 Å². The summed E-state index contributed by atoms with van der Waals surface area (Å²) in [6.45, 7) is 7.28. The summed E-state index contributed by atoms with van der Waals surface area (Å²) in [7, 11) is 2.04. The van der Waals surface area contributed by atoms with Gasteiger partial charge in [-0.3, -0.25) is 14.9 Å². The topological polar surface area (TPSA) is 78.7 Å². The van der Waals surface area contributed by atoms with Crippen molar-refractivity contribution in [3.05, 3.63) is 0 Å². The maximum absolute atomic E-state index is 11.9. The van der Waals surface area contributed by atoms with Crippen molar-refractivity contribution in [3.63, 3.8) is 0 Å². The van der Waals surface area contributed by atoms with Crippen LogP contribution in [0.3, 0.4) is 0 Å². The van der Waals surface area contributed by atoms with Crippen molar-refractivity contribution in [2.24, 2.45) is 11.7 Å². The molecule has 0 aliphatic carbocycles. The molecule has 1 unspecified atom stereocenters. The van der Waals surface area contributed by atoms with Gasteiger partial charge in [0.25, 0.3) is 0 Å². The van der Waals surface area contributed by atoms with Gasteiger partial charge >= 0.3 is 0 Å². The van der Waals surface area contributed by atoms with Crippen LogP contribution in [0.1, 0.15) is 13.8 Å². The van der Waals surface area contributed by atoms with Crippen LogP contribution in [0.4, 0.5) is 0 Å². The molecule has 1 aliphatic rings. The first kappa shape index (κ1) is 14.9. The zero-order valence-electron chi connectivity index (χ0n) is 11.5. The Morgan fingerprint density at radius 3 is 2.22 bits per heavy atom. The number of carbonyl (C=O) groups is 2. The lowest BCUT2D eigenvalue weighted by atomic mass is 10.0. The zero-order chi connectivity index (χ0) is 13.7. The minimum Gasteiger partial charge on any atom is -0.368 e. The van der Waals surface area contributed by atoms with Gasteiger partial charge in [-0.15, -0.1) is 0 Å². The van der Waals surface area contributed by atoms with Gasteiger partial charge in [0.1, 0.15) is 0 Å². The average Bonchev–Trinajstić information content (AvgIpc) is 2.28. The second kappa shape index (κ2) is 6.70. The number of hydrogen-bond acceptors (Lipinski definition) is 4. The number of carbonyl (C=O) groups excluding carboxylic acids is 2. The van der Waals surface area contributed by atoms with Crippen LogP contribution >= 0.6 is 0 Å². The van der Waals surface area contributed by atoms with Crippen LogP contribution in [0, 0.1) is 5.92 Å². The maximum Gasteiger partial charge on any atom is 0.236 e. The molecule has 1 fully saturated rings. The van der Waals surface area contributed by atoms with Gasteiger partial charge in [0.2, 0.25) is 11.8 Å². The summed E-state index contributed by atoms with van der Waals surface area (Å²) in [6.07, 6.45) is 0. The molecule has 1 rings (SSSR count). The summed E-state index contributed by atoms with van der Waals surface area (Å²) in [5.74, 6) is -0.283. The van der Waals surface area contributed by atoms with Gasteiger partial charge < -0.3 is 15.5 Å². The number of likely N-dealkylation sites (N-methyl/N-ethyl adjacent to an activating group) is 1. The minimum atomic E-state index is -0.443. The van der Waals surface area contributed by atoms with Gasteiger partial charge in [-0.1, -0.05) is 13.8 Å². The molecule has 6 heteroatoms. The predicted molar refractivity (Wildman–Crippen MR) is 69.9 cm³/mol. The number of nitrogens with two attached hydrogens (primary N) is 1. The third kappa shape index (κ3) is 4.27. The van der Waals surface area contributed by atoms with Crippen LogP contribution in [0.2, 0.25) is 0 Å². The highest BCUT2D eigenvalue weighted by atomic mass is 16.2. The van der Waals surface area contributed by atoms with E-state index in [9.17, 15) is 9.59 Å². The standard InChI is InChI=1S/C12H24N4O2/c1-9(2)11(12(13)18)14-8-10(17)16-6-4-15(3)5-7-16/h9,11,14H,4-8H2,1-3H3,(H2,13,18). The molecule has 0 saturated carbocycles. The summed E-state index contributed by atoms with van der Waals surface area (Å²) in [5, 5.41) is 2.95. The number of nitrogens with one attached hydrogen (secondary N) is 1. The highest BCUT2D eigenvalue weighted by Crippen LogP contribution is 2.02. The molecule has 0 aromatic heterocycles. The largest absolute Gasteiger partial charge is 0.368 e. The summed E-state index contributed by atoms with van der Waals surface area (Å²) < 4.78 is 0. The first-order valence-electron chi connectivity index (χ1n) is 6.41. The van der Waals surface area contributed by atoms with Gasteiger partial charge in [-0.2, -0.15) is 0 Å². The molecule has 2 amide bonds. The Bertz CT molecular complexity index is 298. The summed E-state index contributed by atoms with van der Waals surface area (Å²) in [4.78, 5) is 27.2. The molecule has 0 aromatic carbocycles. The molecule has 6 nitrogen and oxygen atoms in total.